The number of carbonyl (C=O) groups is 1. The number of carbonyl (C=O) groups excluding carboxylic acids is 1. The molecule has 1 aromatic carbocycles. The van der Waals surface area contributed by atoms with Crippen molar-refractivity contribution in [1.29, 1.82) is 0 Å². The average Bonchev–Trinajstić information content (AvgIpc) is 2.77. The number of thiophene rings is 1. The van der Waals surface area contributed by atoms with E-state index >= 15 is 0 Å². The third-order valence-corrected chi connectivity index (χ3v) is 3.73. The molecule has 0 unspecified atom stereocenters. The number of hydrogen-bond acceptors (Lipinski definition) is 4. The van der Waals surface area contributed by atoms with Crippen LogP contribution in [0, 0.1) is 0 Å². The molecule has 0 fully saturated rings. The summed E-state index contributed by atoms with van der Waals surface area (Å²) >= 11 is 1.46. The molecule has 1 aromatic heterocycles. The van der Waals surface area contributed by atoms with Crippen LogP contribution in [-0.2, 0) is 4.84 Å². The van der Waals surface area contributed by atoms with Gasteiger partial charge in [-0.1, -0.05) is 6.92 Å². The highest BCUT2D eigenvalue weighted by molar-refractivity contribution is 7.20. The standard InChI is InChI=1S/C13H16N2O2S/c1-3-6-15(17-2)13(16)12-8-9-7-10(14)4-5-11(9)18-12/h4-5,7-8H,3,6,14H2,1-2H3. The van der Waals surface area contributed by atoms with Gasteiger partial charge in [-0.25, -0.2) is 5.06 Å². The van der Waals surface area contributed by atoms with Gasteiger partial charge in [-0.15, -0.1) is 11.3 Å². The monoisotopic (exact) mass is 264 g/mol. The molecule has 4 nitrogen and oxygen atoms in total. The Kier molecular flexibility index (Phi) is 3.84. The van der Waals surface area contributed by atoms with Crippen LogP contribution in [0.1, 0.15) is 23.0 Å². The Morgan fingerprint density at radius 3 is 2.89 bits per heavy atom. The highest BCUT2D eigenvalue weighted by Gasteiger charge is 2.17. The van der Waals surface area contributed by atoms with Gasteiger partial charge < -0.3 is 5.73 Å². The van der Waals surface area contributed by atoms with E-state index in [1.54, 1.807) is 0 Å². The lowest BCUT2D eigenvalue weighted by molar-refractivity contribution is -0.0945. The van der Waals surface area contributed by atoms with E-state index in [1.807, 2.05) is 31.2 Å². The fourth-order valence-corrected chi connectivity index (χ4v) is 2.75. The van der Waals surface area contributed by atoms with E-state index in [0.717, 1.165) is 16.5 Å². The molecule has 0 spiro atoms. The molecule has 0 saturated heterocycles. The third kappa shape index (κ3) is 2.47. The molecule has 2 rings (SSSR count). The zero-order chi connectivity index (χ0) is 13.1. The first kappa shape index (κ1) is 12.9. The fraction of sp³-hybridized carbons (Fsp3) is 0.308. The van der Waals surface area contributed by atoms with Gasteiger partial charge in [0.05, 0.1) is 12.0 Å². The van der Waals surface area contributed by atoms with Crippen molar-refractivity contribution in [2.45, 2.75) is 13.3 Å². The van der Waals surface area contributed by atoms with Gasteiger partial charge >= 0.3 is 0 Å². The molecule has 0 radical (unpaired) electrons. The van der Waals surface area contributed by atoms with Gasteiger partial charge in [0.2, 0.25) is 0 Å². The van der Waals surface area contributed by atoms with Crippen LogP contribution in [-0.4, -0.2) is 24.6 Å². The van der Waals surface area contributed by atoms with Crippen LogP contribution in [0.2, 0.25) is 0 Å². The fourth-order valence-electron chi connectivity index (χ4n) is 1.77. The maximum absolute atomic E-state index is 12.2. The van der Waals surface area contributed by atoms with E-state index in [1.165, 1.54) is 23.5 Å². The van der Waals surface area contributed by atoms with Crippen LogP contribution in [0.4, 0.5) is 5.69 Å². The quantitative estimate of drug-likeness (QED) is 0.682. The van der Waals surface area contributed by atoms with Gasteiger partial charge in [0.1, 0.15) is 0 Å². The number of fused-ring (bicyclic) bond motifs is 1. The van der Waals surface area contributed by atoms with Gasteiger partial charge in [0, 0.05) is 16.9 Å². The highest BCUT2D eigenvalue weighted by atomic mass is 32.1. The molecule has 5 heteroatoms. The summed E-state index contributed by atoms with van der Waals surface area (Å²) in [6.07, 6.45) is 0.859. The second-order valence-electron chi connectivity index (χ2n) is 4.00. The molecule has 0 saturated carbocycles. The van der Waals surface area contributed by atoms with Gasteiger partial charge in [0.15, 0.2) is 0 Å². The minimum Gasteiger partial charge on any atom is -0.399 e. The summed E-state index contributed by atoms with van der Waals surface area (Å²) in [4.78, 5) is 18.0. The summed E-state index contributed by atoms with van der Waals surface area (Å²) in [5.41, 5.74) is 6.43. The Labute approximate surface area is 110 Å². The number of hydroxylamine groups is 2. The van der Waals surface area contributed by atoms with Crippen LogP contribution >= 0.6 is 11.3 Å². The Balaban J connectivity index is 2.32. The summed E-state index contributed by atoms with van der Waals surface area (Å²) in [5.74, 6) is -0.0980. The number of nitrogens with zero attached hydrogens (tertiary/aromatic N) is 1. The SMILES string of the molecule is CCCN(OC)C(=O)c1cc2cc(N)ccc2s1. The number of amides is 1. The lowest BCUT2D eigenvalue weighted by Crippen LogP contribution is -2.29. The number of nitrogen functional groups attached to an aromatic ring is 1. The van der Waals surface area contributed by atoms with Crippen molar-refractivity contribution in [1.82, 2.24) is 5.06 Å². The minimum absolute atomic E-state index is 0.0980. The molecule has 0 aliphatic carbocycles. The molecule has 2 aromatic rings. The molecular formula is C13H16N2O2S. The van der Waals surface area contributed by atoms with Crippen molar-refractivity contribution < 1.29 is 9.63 Å². The molecule has 2 N–H and O–H groups in total. The first-order chi connectivity index (χ1) is 8.65. The highest BCUT2D eigenvalue weighted by Crippen LogP contribution is 2.28. The minimum atomic E-state index is -0.0980. The normalized spacial score (nSPS) is 10.8. The van der Waals surface area contributed by atoms with Crippen LogP contribution in [0.3, 0.4) is 0 Å². The molecule has 0 aliphatic heterocycles. The summed E-state index contributed by atoms with van der Waals surface area (Å²) in [6.45, 7) is 2.59. The van der Waals surface area contributed by atoms with Gasteiger partial charge in [-0.2, -0.15) is 0 Å². The van der Waals surface area contributed by atoms with Gasteiger partial charge in [-0.3, -0.25) is 9.63 Å². The Hall–Kier alpha value is -1.59. The predicted molar refractivity (Wildman–Crippen MR) is 74.6 cm³/mol. The number of anilines is 1. The maximum Gasteiger partial charge on any atom is 0.287 e. The first-order valence-corrected chi connectivity index (χ1v) is 6.62. The van der Waals surface area contributed by atoms with Crippen molar-refractivity contribution >= 4 is 33.0 Å². The van der Waals surface area contributed by atoms with Crippen molar-refractivity contribution in [2.75, 3.05) is 19.4 Å². The predicted octanol–water partition coefficient (Wildman–Crippen LogP) is 2.90. The van der Waals surface area contributed by atoms with Crippen LogP contribution in [0.15, 0.2) is 24.3 Å². The smallest absolute Gasteiger partial charge is 0.287 e. The van der Waals surface area contributed by atoms with E-state index in [2.05, 4.69) is 0 Å². The largest absolute Gasteiger partial charge is 0.399 e. The molecule has 0 atom stereocenters. The zero-order valence-electron chi connectivity index (χ0n) is 10.5. The third-order valence-electron chi connectivity index (χ3n) is 2.62. The summed E-state index contributed by atoms with van der Waals surface area (Å²) in [6, 6.07) is 7.51. The van der Waals surface area contributed by atoms with Gasteiger partial charge in [0.25, 0.3) is 5.91 Å². The Bertz CT molecular complexity index is 565. The number of rotatable bonds is 4. The molecule has 1 amide bonds. The van der Waals surface area contributed by atoms with Crippen molar-refractivity contribution in [3.8, 4) is 0 Å². The summed E-state index contributed by atoms with van der Waals surface area (Å²) in [5, 5.41) is 2.38. The molecule has 18 heavy (non-hydrogen) atoms. The van der Waals surface area contributed by atoms with Crippen LogP contribution in [0.5, 0.6) is 0 Å². The lowest BCUT2D eigenvalue weighted by atomic mass is 10.2. The summed E-state index contributed by atoms with van der Waals surface area (Å²) in [7, 11) is 1.51. The van der Waals surface area contributed by atoms with Crippen LogP contribution in [0.25, 0.3) is 10.1 Å². The van der Waals surface area contributed by atoms with E-state index in [-0.39, 0.29) is 5.91 Å². The summed E-state index contributed by atoms with van der Waals surface area (Å²) < 4.78 is 1.06. The molecular weight excluding hydrogens is 248 g/mol. The zero-order valence-corrected chi connectivity index (χ0v) is 11.3. The topological polar surface area (TPSA) is 55.6 Å². The van der Waals surface area contributed by atoms with E-state index in [0.29, 0.717) is 17.1 Å². The second kappa shape index (κ2) is 5.37. The van der Waals surface area contributed by atoms with Gasteiger partial charge in [-0.05, 0) is 36.1 Å². The van der Waals surface area contributed by atoms with E-state index in [4.69, 9.17) is 10.6 Å². The number of nitrogens with two attached hydrogens (primary N) is 1. The molecule has 0 bridgehead atoms. The Morgan fingerprint density at radius 2 is 2.22 bits per heavy atom. The lowest BCUT2D eigenvalue weighted by Gasteiger charge is -2.17. The van der Waals surface area contributed by atoms with E-state index < -0.39 is 0 Å². The van der Waals surface area contributed by atoms with E-state index in [9.17, 15) is 4.79 Å². The second-order valence-corrected chi connectivity index (χ2v) is 5.08. The number of benzene rings is 1. The van der Waals surface area contributed by atoms with Crippen molar-refractivity contribution in [3.63, 3.8) is 0 Å². The average molecular weight is 264 g/mol. The van der Waals surface area contributed by atoms with Crippen molar-refractivity contribution in [3.05, 3.63) is 29.1 Å². The first-order valence-electron chi connectivity index (χ1n) is 5.80. The Morgan fingerprint density at radius 1 is 1.44 bits per heavy atom. The molecule has 1 heterocycles. The number of hydrogen-bond donors (Lipinski definition) is 1. The van der Waals surface area contributed by atoms with Crippen molar-refractivity contribution in [2.24, 2.45) is 0 Å². The molecule has 0 aliphatic rings. The van der Waals surface area contributed by atoms with Crippen LogP contribution < -0.4 is 5.73 Å². The molecule has 96 valence electrons. The maximum atomic E-state index is 12.2.